The molecule has 0 radical (unpaired) electrons. The molecule has 1 aromatic carbocycles. The van der Waals surface area contributed by atoms with Crippen molar-refractivity contribution in [3.63, 3.8) is 0 Å². The monoisotopic (exact) mass is 329 g/mol. The lowest BCUT2D eigenvalue weighted by atomic mass is 10.0. The summed E-state index contributed by atoms with van der Waals surface area (Å²) in [7, 11) is 0. The number of benzene rings is 1. The molecule has 0 saturated carbocycles. The highest BCUT2D eigenvalue weighted by Gasteiger charge is 2.22. The van der Waals surface area contributed by atoms with Crippen LogP contribution in [0.1, 0.15) is 51.5 Å². The third kappa shape index (κ3) is 3.34. The SMILES string of the molecule is CCc1c(C(=O)NCc2ccccc2[N+](=O)[O-])[nH]c(C)c1C(C)=O. The van der Waals surface area contributed by atoms with Crippen molar-refractivity contribution in [3.8, 4) is 0 Å². The molecular formula is C17H19N3O4. The van der Waals surface area contributed by atoms with Gasteiger partial charge < -0.3 is 10.3 Å². The van der Waals surface area contributed by atoms with Crippen molar-refractivity contribution in [2.24, 2.45) is 0 Å². The van der Waals surface area contributed by atoms with Gasteiger partial charge in [-0.15, -0.1) is 0 Å². The zero-order valence-electron chi connectivity index (χ0n) is 13.8. The third-order valence-electron chi connectivity index (χ3n) is 3.85. The number of nitrogens with one attached hydrogen (secondary N) is 2. The maximum absolute atomic E-state index is 12.4. The number of hydrogen-bond acceptors (Lipinski definition) is 4. The van der Waals surface area contributed by atoms with E-state index < -0.39 is 4.92 Å². The topological polar surface area (TPSA) is 105 Å². The van der Waals surface area contributed by atoms with Gasteiger partial charge in [-0.25, -0.2) is 0 Å². The fraction of sp³-hybridized carbons (Fsp3) is 0.294. The lowest BCUT2D eigenvalue weighted by molar-refractivity contribution is -0.385. The van der Waals surface area contributed by atoms with Gasteiger partial charge in [0, 0.05) is 29.4 Å². The van der Waals surface area contributed by atoms with Crippen LogP contribution in [0.15, 0.2) is 24.3 Å². The number of rotatable bonds is 6. The molecule has 0 spiro atoms. The Balaban J connectivity index is 2.24. The molecule has 126 valence electrons. The number of amides is 1. The van der Waals surface area contributed by atoms with E-state index in [1.54, 1.807) is 25.1 Å². The first-order valence-electron chi connectivity index (χ1n) is 7.59. The normalized spacial score (nSPS) is 10.5. The van der Waals surface area contributed by atoms with Crippen LogP contribution in [0.3, 0.4) is 0 Å². The number of carbonyl (C=O) groups excluding carboxylic acids is 2. The maximum atomic E-state index is 12.4. The summed E-state index contributed by atoms with van der Waals surface area (Å²) < 4.78 is 0. The largest absolute Gasteiger partial charge is 0.354 e. The molecule has 7 heteroatoms. The Kier molecular flexibility index (Phi) is 5.13. The van der Waals surface area contributed by atoms with Gasteiger partial charge in [0.2, 0.25) is 0 Å². The van der Waals surface area contributed by atoms with Crippen LogP contribution in [0.2, 0.25) is 0 Å². The van der Waals surface area contributed by atoms with Crippen molar-refractivity contribution in [3.05, 3.63) is 62.5 Å². The first kappa shape index (κ1) is 17.4. The summed E-state index contributed by atoms with van der Waals surface area (Å²) in [6.07, 6.45) is 0.535. The van der Waals surface area contributed by atoms with Gasteiger partial charge in [-0.05, 0) is 25.8 Å². The van der Waals surface area contributed by atoms with Gasteiger partial charge in [-0.1, -0.05) is 25.1 Å². The van der Waals surface area contributed by atoms with Crippen LogP contribution in [0.25, 0.3) is 0 Å². The minimum absolute atomic E-state index is 0.0343. The number of nitrogens with zero attached hydrogens (tertiary/aromatic N) is 1. The maximum Gasteiger partial charge on any atom is 0.274 e. The van der Waals surface area contributed by atoms with E-state index in [0.717, 1.165) is 0 Å². The molecule has 2 rings (SSSR count). The van der Waals surface area contributed by atoms with Gasteiger partial charge >= 0.3 is 0 Å². The summed E-state index contributed by atoms with van der Waals surface area (Å²) in [6, 6.07) is 6.25. The number of ketones is 1. The number of Topliss-reactive ketones (excluding diaryl/α,β-unsaturated/α-hetero) is 1. The van der Waals surface area contributed by atoms with Crippen molar-refractivity contribution in [2.45, 2.75) is 33.7 Å². The first-order chi connectivity index (χ1) is 11.4. The molecule has 0 unspecified atom stereocenters. The van der Waals surface area contributed by atoms with Gasteiger partial charge in [-0.2, -0.15) is 0 Å². The average Bonchev–Trinajstić information content (AvgIpc) is 2.89. The zero-order chi connectivity index (χ0) is 17.9. The molecule has 0 aliphatic rings. The van der Waals surface area contributed by atoms with Crippen molar-refractivity contribution >= 4 is 17.4 Å². The summed E-state index contributed by atoms with van der Waals surface area (Å²) in [5.41, 5.74) is 2.56. The Morgan fingerprint density at radius 2 is 1.96 bits per heavy atom. The molecule has 24 heavy (non-hydrogen) atoms. The number of hydrogen-bond donors (Lipinski definition) is 2. The van der Waals surface area contributed by atoms with Crippen LogP contribution < -0.4 is 5.32 Å². The minimum atomic E-state index is -0.481. The van der Waals surface area contributed by atoms with E-state index in [2.05, 4.69) is 10.3 Å². The highest BCUT2D eigenvalue weighted by Crippen LogP contribution is 2.21. The number of aryl methyl sites for hydroxylation is 1. The second-order valence-corrected chi connectivity index (χ2v) is 5.46. The molecule has 2 aromatic rings. The number of aromatic nitrogens is 1. The quantitative estimate of drug-likeness (QED) is 0.483. The Morgan fingerprint density at radius 1 is 1.29 bits per heavy atom. The van der Waals surface area contributed by atoms with Crippen LogP contribution in [-0.2, 0) is 13.0 Å². The van der Waals surface area contributed by atoms with E-state index in [0.29, 0.717) is 34.5 Å². The smallest absolute Gasteiger partial charge is 0.274 e. The average molecular weight is 329 g/mol. The van der Waals surface area contributed by atoms with Crippen LogP contribution in [0.5, 0.6) is 0 Å². The van der Waals surface area contributed by atoms with Gasteiger partial charge in [0.15, 0.2) is 5.78 Å². The predicted molar refractivity (Wildman–Crippen MR) is 89.2 cm³/mol. The van der Waals surface area contributed by atoms with E-state index in [9.17, 15) is 19.7 Å². The van der Waals surface area contributed by atoms with Gasteiger partial charge in [0.25, 0.3) is 11.6 Å². The van der Waals surface area contributed by atoms with Gasteiger partial charge in [0.05, 0.1) is 4.92 Å². The Morgan fingerprint density at radius 3 is 2.54 bits per heavy atom. The Labute approximate surface area is 139 Å². The lowest BCUT2D eigenvalue weighted by Crippen LogP contribution is -2.24. The van der Waals surface area contributed by atoms with Crippen molar-refractivity contribution in [1.29, 1.82) is 0 Å². The fourth-order valence-electron chi connectivity index (χ4n) is 2.80. The summed E-state index contributed by atoms with van der Waals surface area (Å²) in [6.45, 7) is 5.11. The fourth-order valence-corrected chi connectivity index (χ4v) is 2.80. The van der Waals surface area contributed by atoms with Crippen LogP contribution in [0.4, 0.5) is 5.69 Å². The highest BCUT2D eigenvalue weighted by atomic mass is 16.6. The van der Waals surface area contributed by atoms with Crippen molar-refractivity contribution < 1.29 is 14.5 Å². The van der Waals surface area contributed by atoms with Crippen LogP contribution in [0, 0.1) is 17.0 Å². The number of para-hydroxylation sites is 1. The second kappa shape index (κ2) is 7.08. The third-order valence-corrected chi connectivity index (χ3v) is 3.85. The molecule has 2 N–H and O–H groups in total. The Bertz CT molecular complexity index is 808. The summed E-state index contributed by atoms with van der Waals surface area (Å²) in [5, 5.41) is 13.7. The lowest BCUT2D eigenvalue weighted by Gasteiger charge is -2.07. The van der Waals surface area contributed by atoms with Crippen molar-refractivity contribution in [1.82, 2.24) is 10.3 Å². The van der Waals surface area contributed by atoms with Gasteiger partial charge in [0.1, 0.15) is 5.69 Å². The molecule has 0 atom stereocenters. The number of nitro groups is 1. The van der Waals surface area contributed by atoms with E-state index in [-0.39, 0.29) is 23.9 Å². The number of nitro benzene ring substituents is 1. The molecule has 7 nitrogen and oxygen atoms in total. The standard InChI is InChI=1S/C17H19N3O4/c1-4-13-15(11(3)21)10(2)19-16(13)17(22)18-9-12-7-5-6-8-14(12)20(23)24/h5-8,19H,4,9H2,1-3H3,(H,18,22). The molecule has 1 amide bonds. The van der Waals surface area contributed by atoms with Gasteiger partial charge in [-0.3, -0.25) is 19.7 Å². The van der Waals surface area contributed by atoms with E-state index in [1.807, 2.05) is 6.92 Å². The molecule has 1 aromatic heterocycles. The van der Waals surface area contributed by atoms with Crippen LogP contribution in [-0.4, -0.2) is 21.6 Å². The Hall–Kier alpha value is -2.96. The number of H-pyrrole nitrogens is 1. The number of aromatic amines is 1. The zero-order valence-corrected chi connectivity index (χ0v) is 13.8. The summed E-state index contributed by atoms with van der Waals surface area (Å²) in [4.78, 5) is 37.7. The number of carbonyl (C=O) groups is 2. The van der Waals surface area contributed by atoms with Crippen LogP contribution >= 0.6 is 0 Å². The molecule has 1 heterocycles. The minimum Gasteiger partial charge on any atom is -0.354 e. The predicted octanol–water partition coefficient (Wildman–Crippen LogP) is 2.93. The second-order valence-electron chi connectivity index (χ2n) is 5.46. The molecule has 0 fully saturated rings. The van der Waals surface area contributed by atoms with E-state index in [1.165, 1.54) is 13.0 Å². The summed E-state index contributed by atoms with van der Waals surface area (Å²) >= 11 is 0. The highest BCUT2D eigenvalue weighted by molar-refractivity contribution is 6.02. The van der Waals surface area contributed by atoms with E-state index in [4.69, 9.17) is 0 Å². The molecular weight excluding hydrogens is 310 g/mol. The molecule has 0 aliphatic carbocycles. The molecule has 0 aliphatic heterocycles. The summed E-state index contributed by atoms with van der Waals surface area (Å²) in [5.74, 6) is -0.487. The van der Waals surface area contributed by atoms with Crippen molar-refractivity contribution in [2.75, 3.05) is 0 Å². The molecule has 0 bridgehead atoms. The first-order valence-corrected chi connectivity index (χ1v) is 7.59. The van der Waals surface area contributed by atoms with E-state index >= 15 is 0 Å². The molecule has 0 saturated heterocycles.